The number of hydrogen-bond donors (Lipinski definition) is 0. The van der Waals surface area contributed by atoms with Gasteiger partial charge in [-0.15, -0.1) is 0 Å². The molecule has 4 rings (SSSR count). The van der Waals surface area contributed by atoms with Crippen LogP contribution in [0.4, 0.5) is 5.69 Å². The number of hydrogen-bond acceptors (Lipinski definition) is 3. The van der Waals surface area contributed by atoms with Crippen LogP contribution >= 0.6 is 11.6 Å². The van der Waals surface area contributed by atoms with Gasteiger partial charge < -0.3 is 4.90 Å². The molecule has 1 aliphatic rings. The maximum absolute atomic E-state index is 12.9. The van der Waals surface area contributed by atoms with Gasteiger partial charge in [-0.3, -0.25) is 0 Å². The molecule has 0 saturated carbocycles. The maximum atomic E-state index is 12.9. The smallest absolute Gasteiger partial charge is 0.243 e. The van der Waals surface area contributed by atoms with E-state index in [1.54, 1.807) is 16.4 Å². The maximum Gasteiger partial charge on any atom is 0.243 e. The highest BCUT2D eigenvalue weighted by atomic mass is 35.5. The molecule has 140 valence electrons. The van der Waals surface area contributed by atoms with Crippen molar-refractivity contribution in [3.05, 3.63) is 65.3 Å². The zero-order chi connectivity index (χ0) is 19.0. The molecule has 7 heteroatoms. The normalized spacial score (nSPS) is 16.0. The van der Waals surface area contributed by atoms with E-state index >= 15 is 0 Å². The van der Waals surface area contributed by atoms with E-state index in [2.05, 4.69) is 9.88 Å². The first-order valence-corrected chi connectivity index (χ1v) is 10.7. The first-order valence-electron chi connectivity index (χ1n) is 8.87. The fourth-order valence-corrected chi connectivity index (χ4v) is 5.06. The minimum Gasteiger partial charge on any atom is -0.368 e. The standard InChI is InChI=1S/C20H20ClN3O2S/c1-15-2-5-17(6-3-15)27(25,26)24-12-10-23(11-13-24)20-8-9-22-19-14-16(21)4-7-18(19)20/h2-9,14H,10-13H2,1H3/p+1. The molecule has 0 aliphatic carbocycles. The van der Waals surface area contributed by atoms with Gasteiger partial charge in [-0.1, -0.05) is 29.3 Å². The first-order chi connectivity index (χ1) is 12.9. The molecular formula is C20H21ClN3O2S+. The highest BCUT2D eigenvalue weighted by molar-refractivity contribution is 7.89. The number of H-pyrrole nitrogens is 1. The quantitative estimate of drug-likeness (QED) is 0.676. The molecule has 5 nitrogen and oxygen atoms in total. The molecule has 0 amide bonds. The number of nitrogens with zero attached hydrogens (tertiary/aromatic N) is 2. The number of fused-ring (bicyclic) bond motifs is 1. The molecule has 1 aliphatic heterocycles. The number of halogens is 1. The molecule has 1 aromatic heterocycles. The van der Waals surface area contributed by atoms with Crippen LogP contribution in [0.2, 0.25) is 5.02 Å². The molecule has 3 aromatic rings. The summed E-state index contributed by atoms with van der Waals surface area (Å²) in [6, 6.07) is 14.8. The van der Waals surface area contributed by atoms with Crippen LogP contribution in [-0.4, -0.2) is 38.9 Å². The third-order valence-corrected chi connectivity index (χ3v) is 7.12. The molecule has 0 atom stereocenters. The Morgan fingerprint density at radius 2 is 1.67 bits per heavy atom. The number of aromatic amines is 1. The number of sulfonamides is 1. The van der Waals surface area contributed by atoms with E-state index in [1.165, 1.54) is 0 Å². The minimum atomic E-state index is -3.45. The van der Waals surface area contributed by atoms with Crippen molar-refractivity contribution in [1.82, 2.24) is 4.31 Å². The Hall–Kier alpha value is -2.15. The lowest BCUT2D eigenvalue weighted by atomic mass is 10.1. The third-order valence-electron chi connectivity index (χ3n) is 4.98. The molecule has 1 saturated heterocycles. The van der Waals surface area contributed by atoms with E-state index in [0.717, 1.165) is 22.2 Å². The van der Waals surface area contributed by atoms with E-state index in [1.807, 2.05) is 49.5 Å². The number of pyridine rings is 1. The van der Waals surface area contributed by atoms with Gasteiger partial charge in [-0.25, -0.2) is 13.4 Å². The Labute approximate surface area is 164 Å². The highest BCUT2D eigenvalue weighted by Crippen LogP contribution is 2.28. The van der Waals surface area contributed by atoms with Gasteiger partial charge in [0.05, 0.1) is 16.0 Å². The molecule has 0 radical (unpaired) electrons. The lowest BCUT2D eigenvalue weighted by Crippen LogP contribution is -2.48. The van der Waals surface area contributed by atoms with Crippen molar-refractivity contribution in [3.63, 3.8) is 0 Å². The van der Waals surface area contributed by atoms with Crippen molar-refractivity contribution in [3.8, 4) is 0 Å². The summed E-state index contributed by atoms with van der Waals surface area (Å²) in [4.78, 5) is 5.80. The summed E-state index contributed by atoms with van der Waals surface area (Å²) in [6.45, 7) is 4.16. The van der Waals surface area contributed by atoms with Crippen LogP contribution in [0.15, 0.2) is 59.6 Å². The van der Waals surface area contributed by atoms with Gasteiger partial charge in [-0.2, -0.15) is 4.31 Å². The van der Waals surface area contributed by atoms with Gasteiger partial charge in [0.1, 0.15) is 0 Å². The van der Waals surface area contributed by atoms with Crippen molar-refractivity contribution in [2.45, 2.75) is 11.8 Å². The van der Waals surface area contributed by atoms with Crippen LogP contribution in [0, 0.1) is 6.92 Å². The van der Waals surface area contributed by atoms with Crippen LogP contribution in [0.1, 0.15) is 5.56 Å². The van der Waals surface area contributed by atoms with Gasteiger partial charge in [0, 0.05) is 43.3 Å². The molecule has 2 heterocycles. The zero-order valence-corrected chi connectivity index (χ0v) is 16.6. The van der Waals surface area contributed by atoms with Gasteiger partial charge in [0.15, 0.2) is 6.20 Å². The first kappa shape index (κ1) is 18.2. The highest BCUT2D eigenvalue weighted by Gasteiger charge is 2.29. The Bertz CT molecular complexity index is 1080. The summed E-state index contributed by atoms with van der Waals surface area (Å²) >= 11 is 6.09. The van der Waals surface area contributed by atoms with Crippen LogP contribution in [-0.2, 0) is 10.0 Å². The molecule has 1 N–H and O–H groups in total. The summed E-state index contributed by atoms with van der Waals surface area (Å²) < 4.78 is 27.3. The van der Waals surface area contributed by atoms with Gasteiger partial charge >= 0.3 is 0 Å². The van der Waals surface area contributed by atoms with E-state index < -0.39 is 10.0 Å². The number of aromatic nitrogens is 1. The molecule has 0 unspecified atom stereocenters. The largest absolute Gasteiger partial charge is 0.368 e. The lowest BCUT2D eigenvalue weighted by Gasteiger charge is -2.35. The summed E-state index contributed by atoms with van der Waals surface area (Å²) in [5.74, 6) is 0. The van der Waals surface area contributed by atoms with Crippen molar-refractivity contribution in [1.29, 1.82) is 0 Å². The Morgan fingerprint density at radius 3 is 2.37 bits per heavy atom. The predicted molar refractivity (Wildman–Crippen MR) is 108 cm³/mol. The van der Waals surface area contributed by atoms with Gasteiger partial charge in [-0.05, 0) is 31.2 Å². The summed E-state index contributed by atoms with van der Waals surface area (Å²) in [5, 5.41) is 1.77. The van der Waals surface area contributed by atoms with E-state index in [0.29, 0.717) is 36.1 Å². The fourth-order valence-electron chi connectivity index (χ4n) is 3.46. The molecule has 1 fully saturated rings. The van der Waals surface area contributed by atoms with Crippen molar-refractivity contribution in [2.24, 2.45) is 0 Å². The third kappa shape index (κ3) is 3.52. The van der Waals surface area contributed by atoms with E-state index in [9.17, 15) is 8.42 Å². The molecular weight excluding hydrogens is 382 g/mol. The SMILES string of the molecule is Cc1ccc(S(=O)(=O)N2CCN(c3cc[nH+]c4cc(Cl)ccc34)CC2)cc1. The average molecular weight is 403 g/mol. The topological polar surface area (TPSA) is 54.8 Å². The second-order valence-corrected chi connectivity index (χ2v) is 9.13. The summed E-state index contributed by atoms with van der Waals surface area (Å²) in [5.41, 5.74) is 3.11. The second kappa shape index (κ2) is 7.11. The Balaban J connectivity index is 1.55. The van der Waals surface area contributed by atoms with E-state index in [-0.39, 0.29) is 0 Å². The number of benzene rings is 2. The summed E-state index contributed by atoms with van der Waals surface area (Å²) in [6.07, 6.45) is 1.89. The number of rotatable bonds is 3. The molecule has 0 bridgehead atoms. The minimum absolute atomic E-state index is 0.357. The van der Waals surface area contributed by atoms with Gasteiger partial charge in [0.25, 0.3) is 0 Å². The molecule has 27 heavy (non-hydrogen) atoms. The predicted octanol–water partition coefficient (Wildman–Crippen LogP) is 3.13. The Morgan fingerprint density at radius 1 is 0.963 bits per heavy atom. The number of nitrogens with one attached hydrogen (secondary N) is 1. The average Bonchev–Trinajstić information content (AvgIpc) is 2.68. The molecule has 2 aromatic carbocycles. The summed E-state index contributed by atoms with van der Waals surface area (Å²) in [7, 11) is -3.45. The van der Waals surface area contributed by atoms with Crippen LogP contribution in [0.5, 0.6) is 0 Å². The van der Waals surface area contributed by atoms with Crippen molar-refractivity contribution in [2.75, 3.05) is 31.1 Å². The monoisotopic (exact) mass is 402 g/mol. The molecule has 0 spiro atoms. The van der Waals surface area contributed by atoms with Crippen LogP contribution in [0.25, 0.3) is 10.9 Å². The van der Waals surface area contributed by atoms with Crippen molar-refractivity contribution >= 4 is 38.2 Å². The number of aryl methyl sites for hydroxylation is 1. The number of anilines is 1. The van der Waals surface area contributed by atoms with Crippen LogP contribution in [0.3, 0.4) is 0 Å². The van der Waals surface area contributed by atoms with Crippen molar-refractivity contribution < 1.29 is 13.4 Å². The van der Waals surface area contributed by atoms with Gasteiger partial charge in [0.2, 0.25) is 15.5 Å². The number of piperazine rings is 1. The lowest BCUT2D eigenvalue weighted by molar-refractivity contribution is -0.344. The van der Waals surface area contributed by atoms with E-state index in [4.69, 9.17) is 11.6 Å². The fraction of sp³-hybridized carbons (Fsp3) is 0.250. The Kier molecular flexibility index (Phi) is 4.80. The zero-order valence-electron chi connectivity index (χ0n) is 15.0. The van der Waals surface area contributed by atoms with Crippen LogP contribution < -0.4 is 9.88 Å². The second-order valence-electron chi connectivity index (χ2n) is 6.76.